The quantitative estimate of drug-likeness (QED) is 0.901. The number of benzene rings is 1. The predicted octanol–water partition coefficient (Wildman–Crippen LogP) is 1.57. The Kier molecular flexibility index (Phi) is 3.66. The first kappa shape index (κ1) is 13.7. The van der Waals surface area contributed by atoms with E-state index < -0.39 is 6.10 Å². The highest BCUT2D eigenvalue weighted by atomic mass is 16.5. The third-order valence-corrected chi connectivity index (χ3v) is 3.28. The zero-order valence-corrected chi connectivity index (χ0v) is 11.6. The molecule has 1 atom stereocenters. The molecule has 1 aliphatic heterocycles. The largest absolute Gasteiger partial charge is 0.493 e. The number of anilines is 1. The van der Waals surface area contributed by atoms with Gasteiger partial charge in [-0.25, -0.2) is 0 Å². The Bertz CT molecular complexity index is 498. The molecule has 5 nitrogen and oxygen atoms in total. The number of hydrogen-bond donors (Lipinski definition) is 1. The van der Waals surface area contributed by atoms with E-state index in [4.69, 9.17) is 9.47 Å². The van der Waals surface area contributed by atoms with E-state index in [9.17, 15) is 9.90 Å². The number of likely N-dealkylation sites (N-methyl/N-ethyl adjacent to an activating group) is 1. The molecule has 0 fully saturated rings. The number of amides is 1. The van der Waals surface area contributed by atoms with Gasteiger partial charge in [0.1, 0.15) is 0 Å². The van der Waals surface area contributed by atoms with Gasteiger partial charge in [0.25, 0.3) is 5.91 Å². The van der Waals surface area contributed by atoms with Crippen molar-refractivity contribution in [2.24, 2.45) is 5.92 Å². The zero-order valence-electron chi connectivity index (χ0n) is 11.6. The van der Waals surface area contributed by atoms with Crippen LogP contribution in [-0.2, 0) is 11.4 Å². The molecule has 2 rings (SSSR count). The first-order chi connectivity index (χ1) is 8.99. The van der Waals surface area contributed by atoms with Crippen molar-refractivity contribution >= 4 is 11.6 Å². The molecule has 0 saturated carbocycles. The van der Waals surface area contributed by atoms with E-state index in [-0.39, 0.29) is 18.4 Å². The molecule has 1 aromatic rings. The number of carbonyl (C=O) groups excluding carboxylic acids is 1. The average molecular weight is 265 g/mol. The van der Waals surface area contributed by atoms with Gasteiger partial charge in [0.05, 0.1) is 19.4 Å². The Morgan fingerprint density at radius 1 is 1.47 bits per heavy atom. The molecule has 1 unspecified atom stereocenters. The SMILES string of the molecule is COc1cc(CO)cc2c1OC(C(C)C)C(=O)N2C. The second kappa shape index (κ2) is 5.09. The van der Waals surface area contributed by atoms with Crippen LogP contribution in [0.4, 0.5) is 5.69 Å². The Balaban J connectivity index is 2.54. The van der Waals surface area contributed by atoms with Crippen molar-refractivity contribution in [1.29, 1.82) is 0 Å². The van der Waals surface area contributed by atoms with Crippen molar-refractivity contribution in [3.63, 3.8) is 0 Å². The summed E-state index contributed by atoms with van der Waals surface area (Å²) in [4.78, 5) is 13.8. The van der Waals surface area contributed by atoms with Crippen molar-refractivity contribution in [3.8, 4) is 11.5 Å². The van der Waals surface area contributed by atoms with E-state index in [1.165, 1.54) is 0 Å². The van der Waals surface area contributed by atoms with Gasteiger partial charge in [0, 0.05) is 7.05 Å². The lowest BCUT2D eigenvalue weighted by Crippen LogP contribution is -2.46. The van der Waals surface area contributed by atoms with Crippen LogP contribution in [-0.4, -0.2) is 31.3 Å². The maximum Gasteiger partial charge on any atom is 0.268 e. The van der Waals surface area contributed by atoms with E-state index in [0.29, 0.717) is 22.7 Å². The van der Waals surface area contributed by atoms with Gasteiger partial charge in [-0.1, -0.05) is 13.8 Å². The molecule has 1 aromatic carbocycles. The highest BCUT2D eigenvalue weighted by Gasteiger charge is 2.36. The normalized spacial score (nSPS) is 18.3. The van der Waals surface area contributed by atoms with E-state index in [2.05, 4.69) is 0 Å². The van der Waals surface area contributed by atoms with Gasteiger partial charge < -0.3 is 19.5 Å². The second-order valence-electron chi connectivity index (χ2n) is 4.98. The van der Waals surface area contributed by atoms with Crippen LogP contribution in [0.5, 0.6) is 11.5 Å². The number of hydrogen-bond acceptors (Lipinski definition) is 4. The van der Waals surface area contributed by atoms with E-state index in [0.717, 1.165) is 0 Å². The van der Waals surface area contributed by atoms with E-state index >= 15 is 0 Å². The number of aliphatic hydroxyl groups excluding tert-OH is 1. The molecule has 1 amide bonds. The molecule has 1 aliphatic rings. The van der Waals surface area contributed by atoms with Crippen LogP contribution in [0.1, 0.15) is 19.4 Å². The molecule has 104 valence electrons. The van der Waals surface area contributed by atoms with Crippen LogP contribution in [0.3, 0.4) is 0 Å². The van der Waals surface area contributed by atoms with Gasteiger partial charge in [0.15, 0.2) is 17.6 Å². The maximum absolute atomic E-state index is 12.2. The Labute approximate surface area is 112 Å². The first-order valence-electron chi connectivity index (χ1n) is 6.25. The maximum atomic E-state index is 12.2. The van der Waals surface area contributed by atoms with Crippen LogP contribution in [0.2, 0.25) is 0 Å². The number of carbonyl (C=O) groups is 1. The molecule has 0 spiro atoms. The Morgan fingerprint density at radius 2 is 2.16 bits per heavy atom. The molecule has 0 radical (unpaired) electrons. The van der Waals surface area contributed by atoms with Gasteiger partial charge in [-0.2, -0.15) is 0 Å². The van der Waals surface area contributed by atoms with Crippen LogP contribution in [0, 0.1) is 5.92 Å². The second-order valence-corrected chi connectivity index (χ2v) is 4.98. The lowest BCUT2D eigenvalue weighted by atomic mass is 10.0. The summed E-state index contributed by atoms with van der Waals surface area (Å²) in [7, 11) is 3.25. The summed E-state index contributed by atoms with van der Waals surface area (Å²) in [6.45, 7) is 3.77. The third kappa shape index (κ3) is 2.26. The first-order valence-corrected chi connectivity index (χ1v) is 6.25. The lowest BCUT2D eigenvalue weighted by Gasteiger charge is -2.34. The summed E-state index contributed by atoms with van der Waals surface area (Å²) in [5.41, 5.74) is 1.31. The predicted molar refractivity (Wildman–Crippen MR) is 71.6 cm³/mol. The molecular weight excluding hydrogens is 246 g/mol. The minimum absolute atomic E-state index is 0.0744. The number of methoxy groups -OCH3 is 1. The fourth-order valence-corrected chi connectivity index (χ4v) is 2.16. The standard InChI is InChI=1S/C14H19NO4/c1-8(2)12-14(17)15(3)10-5-9(7-16)6-11(18-4)13(10)19-12/h5-6,8,12,16H,7H2,1-4H3. The fraction of sp³-hybridized carbons (Fsp3) is 0.500. The van der Waals surface area contributed by atoms with Crippen LogP contribution in [0.15, 0.2) is 12.1 Å². The monoisotopic (exact) mass is 265 g/mol. The summed E-state index contributed by atoms with van der Waals surface area (Å²) in [5.74, 6) is 1.08. The molecule has 19 heavy (non-hydrogen) atoms. The molecule has 0 saturated heterocycles. The van der Waals surface area contributed by atoms with Crippen molar-refractivity contribution in [2.75, 3.05) is 19.1 Å². The molecule has 1 N–H and O–H groups in total. The van der Waals surface area contributed by atoms with Crippen molar-refractivity contribution < 1.29 is 19.4 Å². The van der Waals surface area contributed by atoms with Gasteiger partial charge >= 0.3 is 0 Å². The van der Waals surface area contributed by atoms with Crippen LogP contribution >= 0.6 is 0 Å². The minimum Gasteiger partial charge on any atom is -0.493 e. The number of ether oxygens (including phenoxy) is 2. The number of aliphatic hydroxyl groups is 1. The van der Waals surface area contributed by atoms with Gasteiger partial charge in [-0.3, -0.25) is 4.79 Å². The summed E-state index contributed by atoms with van der Waals surface area (Å²) in [6, 6.07) is 3.46. The molecule has 1 heterocycles. The van der Waals surface area contributed by atoms with Crippen LogP contribution < -0.4 is 14.4 Å². The minimum atomic E-state index is -0.508. The summed E-state index contributed by atoms with van der Waals surface area (Å²) in [5, 5.41) is 9.25. The fourth-order valence-electron chi connectivity index (χ4n) is 2.16. The van der Waals surface area contributed by atoms with Crippen molar-refractivity contribution in [2.45, 2.75) is 26.6 Å². The molecule has 0 aliphatic carbocycles. The smallest absolute Gasteiger partial charge is 0.268 e. The summed E-state index contributed by atoms with van der Waals surface area (Å²) < 4.78 is 11.1. The summed E-state index contributed by atoms with van der Waals surface area (Å²) >= 11 is 0. The highest BCUT2D eigenvalue weighted by Crippen LogP contribution is 2.43. The Hall–Kier alpha value is -1.75. The highest BCUT2D eigenvalue weighted by molar-refractivity contribution is 6.00. The molecule has 5 heteroatoms. The van der Waals surface area contributed by atoms with Gasteiger partial charge in [-0.05, 0) is 23.6 Å². The number of nitrogens with zero attached hydrogens (tertiary/aromatic N) is 1. The van der Waals surface area contributed by atoms with Crippen LogP contribution in [0.25, 0.3) is 0 Å². The molecular formula is C14H19NO4. The van der Waals surface area contributed by atoms with Crippen molar-refractivity contribution in [3.05, 3.63) is 17.7 Å². The topological polar surface area (TPSA) is 59.0 Å². The lowest BCUT2D eigenvalue weighted by molar-refractivity contribution is -0.127. The molecule has 0 bridgehead atoms. The summed E-state index contributed by atoms with van der Waals surface area (Å²) in [6.07, 6.45) is -0.508. The van der Waals surface area contributed by atoms with Gasteiger partial charge in [0.2, 0.25) is 0 Å². The van der Waals surface area contributed by atoms with E-state index in [1.807, 2.05) is 13.8 Å². The zero-order chi connectivity index (χ0) is 14.2. The Morgan fingerprint density at radius 3 is 2.68 bits per heavy atom. The number of fused-ring (bicyclic) bond motifs is 1. The van der Waals surface area contributed by atoms with Crippen molar-refractivity contribution in [1.82, 2.24) is 0 Å². The van der Waals surface area contributed by atoms with E-state index in [1.54, 1.807) is 31.2 Å². The molecule has 0 aromatic heterocycles. The average Bonchev–Trinajstić information content (AvgIpc) is 2.41. The van der Waals surface area contributed by atoms with Gasteiger partial charge in [-0.15, -0.1) is 0 Å². The number of rotatable bonds is 3. The third-order valence-electron chi connectivity index (χ3n) is 3.28.